The first-order valence-corrected chi connectivity index (χ1v) is 13.4. The summed E-state index contributed by atoms with van der Waals surface area (Å²) in [6.07, 6.45) is 3.59. The van der Waals surface area contributed by atoms with Gasteiger partial charge in [-0.3, -0.25) is 9.59 Å². The first-order chi connectivity index (χ1) is 18.6. The van der Waals surface area contributed by atoms with Gasteiger partial charge in [-0.05, 0) is 67.3 Å². The Morgan fingerprint density at radius 2 is 1.72 bits per heavy atom. The van der Waals surface area contributed by atoms with Crippen LogP contribution in [0.4, 0.5) is 10.5 Å². The van der Waals surface area contributed by atoms with Gasteiger partial charge in [0.1, 0.15) is 18.2 Å². The zero-order chi connectivity index (χ0) is 28.4. The highest BCUT2D eigenvalue weighted by molar-refractivity contribution is 6.00. The van der Waals surface area contributed by atoms with E-state index in [-0.39, 0.29) is 18.4 Å². The quantitative estimate of drug-likeness (QED) is 0.270. The highest BCUT2D eigenvalue weighted by atomic mass is 16.6. The number of nitrogens with zero attached hydrogens (tertiary/aromatic N) is 1. The highest BCUT2D eigenvalue weighted by Gasteiger charge is 2.32. The second kappa shape index (κ2) is 13.6. The predicted molar refractivity (Wildman–Crippen MR) is 157 cm³/mol. The SMILES string of the molecule is C=Cc1cccc(C(C(=O)Nc2ccc3ccccc3c2)N(CCCCC)C(=O)CNC(=O)OC(C)(C)C)c1. The van der Waals surface area contributed by atoms with Crippen LogP contribution in [0.3, 0.4) is 0 Å². The van der Waals surface area contributed by atoms with E-state index >= 15 is 0 Å². The zero-order valence-corrected chi connectivity index (χ0v) is 23.3. The van der Waals surface area contributed by atoms with Crippen LogP contribution in [0.5, 0.6) is 0 Å². The molecule has 7 nitrogen and oxygen atoms in total. The van der Waals surface area contributed by atoms with Gasteiger partial charge in [0.2, 0.25) is 5.91 Å². The van der Waals surface area contributed by atoms with E-state index in [4.69, 9.17) is 4.74 Å². The largest absolute Gasteiger partial charge is 0.444 e. The normalized spacial score (nSPS) is 11.9. The van der Waals surface area contributed by atoms with Crippen LogP contribution in [0, 0.1) is 0 Å². The van der Waals surface area contributed by atoms with E-state index in [0.717, 1.165) is 35.6 Å². The third-order valence-electron chi connectivity index (χ3n) is 6.14. The molecular formula is C32H39N3O4. The summed E-state index contributed by atoms with van der Waals surface area (Å²) in [5.74, 6) is -0.715. The molecule has 3 rings (SSSR count). The maximum atomic E-state index is 13.9. The number of benzene rings is 3. The summed E-state index contributed by atoms with van der Waals surface area (Å²) in [6, 6.07) is 20.1. The monoisotopic (exact) mass is 529 g/mol. The third kappa shape index (κ3) is 8.70. The van der Waals surface area contributed by atoms with Crippen molar-refractivity contribution in [1.82, 2.24) is 10.2 Å². The average Bonchev–Trinajstić information content (AvgIpc) is 2.90. The molecule has 0 spiro atoms. The van der Waals surface area contributed by atoms with Crippen LogP contribution in [0.1, 0.15) is 64.1 Å². The van der Waals surface area contributed by atoms with Crippen molar-refractivity contribution in [3.05, 3.63) is 84.4 Å². The van der Waals surface area contributed by atoms with Gasteiger partial charge in [0.05, 0.1) is 0 Å². The summed E-state index contributed by atoms with van der Waals surface area (Å²) < 4.78 is 5.29. The Hall–Kier alpha value is -4.13. The maximum Gasteiger partial charge on any atom is 0.408 e. The van der Waals surface area contributed by atoms with Crippen molar-refractivity contribution in [3.63, 3.8) is 0 Å². The minimum Gasteiger partial charge on any atom is -0.444 e. The average molecular weight is 530 g/mol. The lowest BCUT2D eigenvalue weighted by atomic mass is 10.0. The van der Waals surface area contributed by atoms with Gasteiger partial charge in [0.25, 0.3) is 5.91 Å². The minimum atomic E-state index is -0.916. The lowest BCUT2D eigenvalue weighted by molar-refractivity contribution is -0.138. The smallest absolute Gasteiger partial charge is 0.408 e. The van der Waals surface area contributed by atoms with Gasteiger partial charge in [-0.25, -0.2) is 4.79 Å². The van der Waals surface area contributed by atoms with Crippen LogP contribution >= 0.6 is 0 Å². The van der Waals surface area contributed by atoms with Crippen molar-refractivity contribution in [1.29, 1.82) is 0 Å². The van der Waals surface area contributed by atoms with Crippen LogP contribution in [0.25, 0.3) is 16.8 Å². The Bertz CT molecular complexity index is 1310. The fraction of sp³-hybridized carbons (Fsp3) is 0.344. The minimum absolute atomic E-state index is 0.290. The molecule has 1 atom stereocenters. The van der Waals surface area contributed by atoms with Gasteiger partial charge in [0.15, 0.2) is 0 Å². The number of alkyl carbamates (subject to hydrolysis) is 1. The lowest BCUT2D eigenvalue weighted by Crippen LogP contribution is -2.47. The Kier molecular flexibility index (Phi) is 10.3. The number of nitrogens with one attached hydrogen (secondary N) is 2. The molecule has 3 aromatic rings. The van der Waals surface area contributed by atoms with Crippen LogP contribution in [-0.4, -0.2) is 41.5 Å². The fourth-order valence-electron chi connectivity index (χ4n) is 4.30. The molecule has 0 aliphatic heterocycles. The number of ether oxygens (including phenoxy) is 1. The molecule has 7 heteroatoms. The van der Waals surface area contributed by atoms with Crippen LogP contribution < -0.4 is 10.6 Å². The Morgan fingerprint density at radius 1 is 0.974 bits per heavy atom. The third-order valence-corrected chi connectivity index (χ3v) is 6.14. The first-order valence-electron chi connectivity index (χ1n) is 13.4. The van der Waals surface area contributed by atoms with E-state index in [1.165, 1.54) is 0 Å². The Labute approximate surface area is 231 Å². The van der Waals surface area contributed by atoms with E-state index in [9.17, 15) is 14.4 Å². The topological polar surface area (TPSA) is 87.7 Å². The number of rotatable bonds is 11. The fourth-order valence-corrected chi connectivity index (χ4v) is 4.30. The molecule has 2 N–H and O–H groups in total. The van der Waals surface area contributed by atoms with E-state index in [1.807, 2.05) is 66.7 Å². The molecule has 0 fully saturated rings. The molecule has 0 aliphatic carbocycles. The maximum absolute atomic E-state index is 13.9. The van der Waals surface area contributed by atoms with Crippen molar-refractivity contribution in [3.8, 4) is 0 Å². The van der Waals surface area contributed by atoms with Gasteiger partial charge >= 0.3 is 6.09 Å². The summed E-state index contributed by atoms with van der Waals surface area (Å²) in [5, 5.41) is 7.63. The van der Waals surface area contributed by atoms with Crippen molar-refractivity contribution in [2.24, 2.45) is 0 Å². The van der Waals surface area contributed by atoms with Crippen molar-refractivity contribution >= 4 is 40.4 Å². The molecular weight excluding hydrogens is 490 g/mol. The molecule has 1 unspecified atom stereocenters. The second-order valence-corrected chi connectivity index (χ2v) is 10.5. The van der Waals surface area contributed by atoms with Gasteiger partial charge in [0, 0.05) is 12.2 Å². The molecule has 0 radical (unpaired) electrons. The summed E-state index contributed by atoms with van der Waals surface area (Å²) in [5.41, 5.74) is 1.44. The molecule has 3 aromatic carbocycles. The number of hydrogen-bond donors (Lipinski definition) is 2. The summed E-state index contributed by atoms with van der Waals surface area (Å²) in [7, 11) is 0. The molecule has 0 saturated heterocycles. The van der Waals surface area contributed by atoms with Gasteiger partial charge < -0.3 is 20.3 Å². The molecule has 206 valence electrons. The van der Waals surface area contributed by atoms with Crippen molar-refractivity contribution in [2.75, 3.05) is 18.4 Å². The first kappa shape index (κ1) is 29.4. The molecule has 0 aliphatic rings. The Balaban J connectivity index is 1.94. The lowest BCUT2D eigenvalue weighted by Gasteiger charge is -2.32. The standard InChI is InChI=1S/C32H39N3O4/c1-6-8-11-19-35(28(36)22-33-31(38)39-32(3,4)5)29(26-16-12-13-23(7-2)20-26)30(37)34-27-18-17-24-14-9-10-15-25(24)21-27/h7,9-10,12-18,20-21,29H,2,6,8,11,19,22H2,1,3-5H3,(H,33,38)(H,34,37). The van der Waals surface area contributed by atoms with Crippen molar-refractivity contribution < 1.29 is 19.1 Å². The number of anilines is 1. The highest BCUT2D eigenvalue weighted by Crippen LogP contribution is 2.27. The molecule has 3 amide bonds. The number of unbranched alkanes of at least 4 members (excludes halogenated alkanes) is 2. The number of carbonyl (C=O) groups excluding carboxylic acids is 3. The van der Waals surface area contributed by atoms with Gasteiger partial charge in [-0.1, -0.05) is 81.0 Å². The van der Waals surface area contributed by atoms with E-state index in [1.54, 1.807) is 31.7 Å². The number of amides is 3. The molecule has 39 heavy (non-hydrogen) atoms. The van der Waals surface area contributed by atoms with Gasteiger partial charge in [-0.15, -0.1) is 0 Å². The predicted octanol–water partition coefficient (Wildman–Crippen LogP) is 6.71. The van der Waals surface area contributed by atoms with Crippen molar-refractivity contribution in [2.45, 2.75) is 58.6 Å². The molecule has 0 saturated carbocycles. The molecule has 0 aromatic heterocycles. The zero-order valence-electron chi connectivity index (χ0n) is 23.3. The number of fused-ring (bicyclic) bond motifs is 1. The number of hydrogen-bond acceptors (Lipinski definition) is 4. The van der Waals surface area contributed by atoms with Crippen LogP contribution in [0.15, 0.2) is 73.3 Å². The summed E-state index contributed by atoms with van der Waals surface area (Å²) in [4.78, 5) is 41.3. The summed E-state index contributed by atoms with van der Waals surface area (Å²) >= 11 is 0. The van der Waals surface area contributed by atoms with E-state index in [0.29, 0.717) is 17.8 Å². The van der Waals surface area contributed by atoms with Gasteiger partial charge in [-0.2, -0.15) is 0 Å². The molecule has 0 bridgehead atoms. The van der Waals surface area contributed by atoms with Crippen LogP contribution in [-0.2, 0) is 14.3 Å². The summed E-state index contributed by atoms with van der Waals surface area (Å²) in [6.45, 7) is 11.3. The van der Waals surface area contributed by atoms with E-state index < -0.39 is 17.7 Å². The second-order valence-electron chi connectivity index (χ2n) is 10.5. The molecule has 0 heterocycles. The number of carbonyl (C=O) groups is 3. The van der Waals surface area contributed by atoms with E-state index in [2.05, 4.69) is 24.1 Å². The van der Waals surface area contributed by atoms with Crippen LogP contribution in [0.2, 0.25) is 0 Å². The Morgan fingerprint density at radius 3 is 2.41 bits per heavy atom.